The Morgan fingerprint density at radius 1 is 0.950 bits per heavy atom. The molecule has 0 radical (unpaired) electrons. The predicted molar refractivity (Wildman–Crippen MR) is 84.1 cm³/mol. The van der Waals surface area contributed by atoms with E-state index < -0.39 is 0 Å². The van der Waals surface area contributed by atoms with Gasteiger partial charge in [0.1, 0.15) is 12.4 Å². The average molecular weight is 269 g/mol. The van der Waals surface area contributed by atoms with Crippen LogP contribution >= 0.6 is 0 Å². The number of hydrogen-bond donors (Lipinski definition) is 1. The number of nitrogens with two attached hydrogens (primary N) is 1. The second-order valence-corrected chi connectivity index (χ2v) is 5.29. The quantitative estimate of drug-likeness (QED) is 0.863. The summed E-state index contributed by atoms with van der Waals surface area (Å²) in [6.07, 6.45) is 0.894. The average Bonchev–Trinajstić information content (AvgIpc) is 2.47. The fraction of sp³-hybridized carbons (Fsp3) is 0.333. The van der Waals surface area contributed by atoms with E-state index in [1.807, 2.05) is 18.2 Å². The van der Waals surface area contributed by atoms with Crippen LogP contribution in [0, 0.1) is 0 Å². The molecule has 0 aliphatic heterocycles. The van der Waals surface area contributed by atoms with Crippen molar-refractivity contribution >= 4 is 0 Å². The molecule has 0 amide bonds. The molecule has 0 atom stereocenters. The summed E-state index contributed by atoms with van der Waals surface area (Å²) in [4.78, 5) is 0. The molecule has 0 saturated heterocycles. The molecule has 0 spiro atoms. The van der Waals surface area contributed by atoms with Gasteiger partial charge in [0, 0.05) is 0 Å². The topological polar surface area (TPSA) is 35.2 Å². The molecule has 2 heteroatoms. The van der Waals surface area contributed by atoms with Crippen molar-refractivity contribution in [2.75, 3.05) is 6.54 Å². The van der Waals surface area contributed by atoms with Gasteiger partial charge >= 0.3 is 0 Å². The Hall–Kier alpha value is -1.80. The van der Waals surface area contributed by atoms with Gasteiger partial charge in [-0.1, -0.05) is 56.3 Å². The van der Waals surface area contributed by atoms with Crippen molar-refractivity contribution in [1.82, 2.24) is 0 Å². The third kappa shape index (κ3) is 3.61. The van der Waals surface area contributed by atoms with Crippen LogP contribution in [0.1, 0.15) is 36.5 Å². The number of rotatable bonds is 6. The molecule has 0 aliphatic rings. The van der Waals surface area contributed by atoms with Crippen LogP contribution in [0.5, 0.6) is 5.75 Å². The van der Waals surface area contributed by atoms with Crippen LogP contribution in [0.15, 0.2) is 48.5 Å². The van der Waals surface area contributed by atoms with Crippen molar-refractivity contribution in [3.8, 4) is 5.75 Å². The highest BCUT2D eigenvalue weighted by molar-refractivity contribution is 5.36. The molecule has 2 aromatic rings. The molecular weight excluding hydrogens is 246 g/mol. The summed E-state index contributed by atoms with van der Waals surface area (Å²) in [5.41, 5.74) is 9.41. The van der Waals surface area contributed by atoms with Crippen molar-refractivity contribution in [3.63, 3.8) is 0 Å². The van der Waals surface area contributed by atoms with Crippen LogP contribution in [-0.4, -0.2) is 6.54 Å². The van der Waals surface area contributed by atoms with Gasteiger partial charge in [-0.05, 0) is 41.6 Å². The molecule has 0 bridgehead atoms. The lowest BCUT2D eigenvalue weighted by atomic mass is 10.0. The largest absolute Gasteiger partial charge is 0.489 e. The first kappa shape index (κ1) is 14.6. The SMILES string of the molecule is CC(C)c1ccccc1OCc1ccccc1CCN. The van der Waals surface area contributed by atoms with Crippen LogP contribution in [0.4, 0.5) is 0 Å². The van der Waals surface area contributed by atoms with Gasteiger partial charge in [-0.2, -0.15) is 0 Å². The molecule has 0 heterocycles. The zero-order chi connectivity index (χ0) is 14.4. The second-order valence-electron chi connectivity index (χ2n) is 5.29. The highest BCUT2D eigenvalue weighted by Crippen LogP contribution is 2.26. The molecule has 0 aromatic heterocycles. The van der Waals surface area contributed by atoms with Gasteiger partial charge in [-0.15, -0.1) is 0 Å². The summed E-state index contributed by atoms with van der Waals surface area (Å²) < 4.78 is 6.03. The number of ether oxygens (including phenoxy) is 1. The molecular formula is C18H23NO. The molecule has 106 valence electrons. The van der Waals surface area contributed by atoms with Crippen molar-refractivity contribution in [2.24, 2.45) is 5.73 Å². The van der Waals surface area contributed by atoms with Gasteiger partial charge in [-0.25, -0.2) is 0 Å². The lowest BCUT2D eigenvalue weighted by molar-refractivity contribution is 0.300. The number of benzene rings is 2. The van der Waals surface area contributed by atoms with E-state index in [2.05, 4.69) is 44.2 Å². The molecule has 2 nitrogen and oxygen atoms in total. The monoisotopic (exact) mass is 269 g/mol. The van der Waals surface area contributed by atoms with Gasteiger partial charge in [0.05, 0.1) is 0 Å². The van der Waals surface area contributed by atoms with Crippen molar-refractivity contribution in [2.45, 2.75) is 32.8 Å². The van der Waals surface area contributed by atoms with E-state index in [9.17, 15) is 0 Å². The third-order valence-corrected chi connectivity index (χ3v) is 3.46. The van der Waals surface area contributed by atoms with Crippen molar-refractivity contribution in [1.29, 1.82) is 0 Å². The van der Waals surface area contributed by atoms with Crippen LogP contribution in [0.2, 0.25) is 0 Å². The molecule has 0 fully saturated rings. The van der Waals surface area contributed by atoms with E-state index in [-0.39, 0.29) is 0 Å². The van der Waals surface area contributed by atoms with Crippen molar-refractivity contribution in [3.05, 3.63) is 65.2 Å². The first-order valence-electron chi connectivity index (χ1n) is 7.21. The highest BCUT2D eigenvalue weighted by atomic mass is 16.5. The van der Waals surface area contributed by atoms with Crippen LogP contribution in [-0.2, 0) is 13.0 Å². The second kappa shape index (κ2) is 7.11. The van der Waals surface area contributed by atoms with Gasteiger partial charge < -0.3 is 10.5 Å². The van der Waals surface area contributed by atoms with Gasteiger partial charge in [0.15, 0.2) is 0 Å². The summed E-state index contributed by atoms with van der Waals surface area (Å²) in [5.74, 6) is 1.44. The van der Waals surface area contributed by atoms with E-state index in [1.165, 1.54) is 16.7 Å². The lowest BCUT2D eigenvalue weighted by Crippen LogP contribution is -2.07. The molecule has 20 heavy (non-hydrogen) atoms. The van der Waals surface area contributed by atoms with E-state index in [1.54, 1.807) is 0 Å². The van der Waals surface area contributed by atoms with Crippen LogP contribution < -0.4 is 10.5 Å². The van der Waals surface area contributed by atoms with E-state index >= 15 is 0 Å². The number of para-hydroxylation sites is 1. The minimum atomic E-state index is 0.463. The first-order valence-corrected chi connectivity index (χ1v) is 7.21. The minimum absolute atomic E-state index is 0.463. The number of hydrogen-bond acceptors (Lipinski definition) is 2. The Balaban J connectivity index is 2.13. The maximum absolute atomic E-state index is 6.03. The highest BCUT2D eigenvalue weighted by Gasteiger charge is 2.08. The maximum atomic E-state index is 6.03. The summed E-state index contributed by atoms with van der Waals surface area (Å²) in [6.45, 7) is 5.63. The maximum Gasteiger partial charge on any atom is 0.123 e. The zero-order valence-corrected chi connectivity index (χ0v) is 12.3. The zero-order valence-electron chi connectivity index (χ0n) is 12.3. The summed E-state index contributed by atoms with van der Waals surface area (Å²) in [5, 5.41) is 0. The lowest BCUT2D eigenvalue weighted by Gasteiger charge is -2.15. The van der Waals surface area contributed by atoms with Gasteiger partial charge in [-0.3, -0.25) is 0 Å². The van der Waals surface area contributed by atoms with Crippen LogP contribution in [0.3, 0.4) is 0 Å². The Labute approximate surface area is 121 Å². The predicted octanol–water partition coefficient (Wildman–Crippen LogP) is 3.89. The minimum Gasteiger partial charge on any atom is -0.489 e. The Bertz CT molecular complexity index is 549. The Kier molecular flexibility index (Phi) is 5.19. The molecule has 2 rings (SSSR count). The molecule has 2 N–H and O–H groups in total. The molecule has 0 saturated carbocycles. The molecule has 0 unspecified atom stereocenters. The summed E-state index contributed by atoms with van der Waals surface area (Å²) >= 11 is 0. The van der Waals surface area contributed by atoms with E-state index in [0.29, 0.717) is 19.1 Å². The smallest absolute Gasteiger partial charge is 0.123 e. The van der Waals surface area contributed by atoms with Gasteiger partial charge in [0.2, 0.25) is 0 Å². The fourth-order valence-electron chi connectivity index (χ4n) is 2.34. The van der Waals surface area contributed by atoms with Crippen molar-refractivity contribution < 1.29 is 4.74 Å². The fourth-order valence-corrected chi connectivity index (χ4v) is 2.34. The normalized spacial score (nSPS) is 10.8. The van der Waals surface area contributed by atoms with E-state index in [4.69, 9.17) is 10.5 Å². The summed E-state index contributed by atoms with van der Waals surface area (Å²) in [7, 11) is 0. The standard InChI is InChI=1S/C18H23NO/c1-14(2)17-9-5-6-10-18(17)20-13-16-8-4-3-7-15(16)11-12-19/h3-10,14H,11-13,19H2,1-2H3. The molecule has 2 aromatic carbocycles. The first-order chi connectivity index (χ1) is 9.72. The Morgan fingerprint density at radius 2 is 1.60 bits per heavy atom. The Morgan fingerprint density at radius 3 is 2.30 bits per heavy atom. The van der Waals surface area contributed by atoms with E-state index in [0.717, 1.165) is 12.2 Å². The molecule has 0 aliphatic carbocycles. The van der Waals surface area contributed by atoms with Crippen LogP contribution in [0.25, 0.3) is 0 Å². The van der Waals surface area contributed by atoms with Gasteiger partial charge in [0.25, 0.3) is 0 Å². The summed E-state index contributed by atoms with van der Waals surface area (Å²) in [6, 6.07) is 16.6. The third-order valence-electron chi connectivity index (χ3n) is 3.46.